The van der Waals surface area contributed by atoms with Crippen molar-refractivity contribution in [2.24, 2.45) is 0 Å². The average molecular weight is 340 g/mol. The average Bonchev–Trinajstić information content (AvgIpc) is 1.54. The van der Waals surface area contributed by atoms with Gasteiger partial charge in [-0.1, -0.05) is 0 Å². The van der Waals surface area contributed by atoms with Crippen LogP contribution in [-0.4, -0.2) is 19.0 Å². The van der Waals surface area contributed by atoms with Gasteiger partial charge in [0.15, 0.2) is 0 Å². The largest absolute Gasteiger partial charge is 0.356 e. The Hall–Kier alpha value is -1.74. The molecule has 16 heavy (non-hydrogen) atoms. The summed E-state index contributed by atoms with van der Waals surface area (Å²) in [5, 5.41) is 36.8. The van der Waals surface area contributed by atoms with E-state index in [1.165, 1.54) is 18.5 Å². The fourth-order valence-electron chi connectivity index (χ4n) is 0. The number of nitrogens with zero attached hydrogens (tertiary/aromatic N) is 3. The molecular formula is H13N7O8Ru-. The minimum atomic E-state index is -1.75. The van der Waals surface area contributed by atoms with Gasteiger partial charge >= 0.3 is 32.3 Å². The zero-order chi connectivity index (χ0) is 10.7. The molecular weight excluding hydrogens is 327 g/mol. The predicted molar refractivity (Wildman–Crippen MR) is 46.2 cm³/mol. The third-order valence-corrected chi connectivity index (χ3v) is 0. The fraction of sp³-hybridized carbons (Fsp3) is 0. The van der Waals surface area contributed by atoms with E-state index < -0.39 is 10.2 Å². The Morgan fingerprint density at radius 2 is 0.750 bits per heavy atom. The van der Waals surface area contributed by atoms with Crippen molar-refractivity contribution in [2.45, 2.75) is 0 Å². The first-order valence-electron chi connectivity index (χ1n) is 1.64. The van der Waals surface area contributed by atoms with E-state index >= 15 is 0 Å². The van der Waals surface area contributed by atoms with E-state index in [-0.39, 0.29) is 28.3 Å². The van der Waals surface area contributed by atoms with Gasteiger partial charge in [0.1, 0.15) is 0 Å². The molecule has 0 aromatic carbocycles. The molecule has 0 unspecified atom stereocenters. The molecule has 0 aliphatic rings. The van der Waals surface area contributed by atoms with E-state index in [0.717, 1.165) is 0 Å². The zero-order valence-electron chi connectivity index (χ0n) is 7.83. The van der Waals surface area contributed by atoms with E-state index in [4.69, 9.17) is 40.8 Å². The molecule has 0 fully saturated rings. The van der Waals surface area contributed by atoms with E-state index in [1.807, 2.05) is 0 Å². The van der Waals surface area contributed by atoms with Crippen molar-refractivity contribution in [3.8, 4) is 0 Å². The smallest absolute Gasteiger partial charge is 0.0689 e. The molecule has 0 rings (SSSR count). The summed E-state index contributed by atoms with van der Waals surface area (Å²) in [6.07, 6.45) is 0. The second-order valence-corrected chi connectivity index (χ2v) is 1.33. The molecule has 0 saturated carbocycles. The zero-order valence-corrected chi connectivity index (χ0v) is 9.57. The summed E-state index contributed by atoms with van der Waals surface area (Å²) >= 11 is 1.41. The van der Waals surface area contributed by atoms with Crippen LogP contribution in [0.15, 0.2) is 0 Å². The Morgan fingerprint density at radius 3 is 0.750 bits per heavy atom. The molecule has 0 aliphatic heterocycles. The second kappa shape index (κ2) is 37.8. The van der Waals surface area contributed by atoms with Crippen LogP contribution in [0.25, 0.3) is 0 Å². The molecule has 0 atom stereocenters. The molecule has 105 valence electrons. The Morgan fingerprint density at radius 1 is 0.750 bits per heavy atom. The SMILES string of the molecule is N.N.N.N.O=[N+](O)[Ru].O=[N+]([O-])[O-].O=[N+]([O-])[O-]. The minimum absolute atomic E-state index is 0. The molecule has 13 N–H and O–H groups in total. The van der Waals surface area contributed by atoms with Crippen molar-refractivity contribution in [1.82, 2.24) is 24.6 Å². The molecule has 0 radical (unpaired) electrons. The Balaban J connectivity index is -0.0000000135. The summed E-state index contributed by atoms with van der Waals surface area (Å²) in [6.45, 7) is 0. The van der Waals surface area contributed by atoms with Gasteiger partial charge in [-0.3, -0.25) is 0 Å². The van der Waals surface area contributed by atoms with Gasteiger partial charge in [0.25, 0.3) is 0 Å². The topological polar surface area (TPSA) is 313 Å². The van der Waals surface area contributed by atoms with Crippen LogP contribution in [0.3, 0.4) is 0 Å². The van der Waals surface area contributed by atoms with Gasteiger partial charge in [0.05, 0.1) is 10.2 Å². The second-order valence-electron chi connectivity index (χ2n) is 0.664. The van der Waals surface area contributed by atoms with E-state index in [1.54, 1.807) is 0 Å². The third-order valence-electron chi connectivity index (χ3n) is 0. The molecule has 0 aromatic rings. The van der Waals surface area contributed by atoms with Crippen LogP contribution in [0.4, 0.5) is 0 Å². The number of hydrogen-bond acceptors (Lipinski definition) is 11. The summed E-state index contributed by atoms with van der Waals surface area (Å²) in [6, 6.07) is 0. The molecule has 15 nitrogen and oxygen atoms in total. The maximum atomic E-state index is 8.89. The molecule has 0 aliphatic carbocycles. The molecule has 0 aromatic heterocycles. The first-order chi connectivity index (χ1) is 5.20. The third kappa shape index (κ3) is 516. The molecule has 0 bridgehead atoms. The van der Waals surface area contributed by atoms with Gasteiger partial charge in [0, 0.05) is 0 Å². The van der Waals surface area contributed by atoms with Crippen molar-refractivity contribution >= 4 is 0 Å². The maximum absolute atomic E-state index is 8.89. The summed E-state index contributed by atoms with van der Waals surface area (Å²) < 4.78 is -0.320. The molecule has 0 heterocycles. The van der Waals surface area contributed by atoms with Crippen LogP contribution < -0.4 is 24.6 Å². The van der Waals surface area contributed by atoms with Gasteiger partial charge in [-0.05, 0) is 0 Å². The van der Waals surface area contributed by atoms with Crippen molar-refractivity contribution in [2.75, 3.05) is 0 Å². The standard InChI is InChI=1S/2NO3.HNO2.4H3N.Ru/c2*2-1(3)4;2-1-3;;;;;/h;;(H,2,3);4*1H3;/q2*-1;;;;;;+1. The van der Waals surface area contributed by atoms with Crippen molar-refractivity contribution in [3.63, 3.8) is 0 Å². The summed E-state index contributed by atoms with van der Waals surface area (Å²) in [5.74, 6) is 0. The molecule has 16 heteroatoms. The fourth-order valence-corrected chi connectivity index (χ4v) is 0. The number of rotatable bonds is 0. The van der Waals surface area contributed by atoms with E-state index in [2.05, 4.69) is 0 Å². The monoisotopic (exact) mass is 341 g/mol. The van der Waals surface area contributed by atoms with E-state index in [0.29, 0.717) is 0 Å². The summed E-state index contributed by atoms with van der Waals surface area (Å²) in [5.41, 5.74) is 0. The van der Waals surface area contributed by atoms with E-state index in [9.17, 15) is 0 Å². The molecule has 0 saturated heterocycles. The van der Waals surface area contributed by atoms with Gasteiger partial charge in [-0.15, -0.1) is 0 Å². The minimum Gasteiger partial charge on any atom is -0.356 e. The first-order valence-corrected chi connectivity index (χ1v) is 2.41. The van der Waals surface area contributed by atoms with Crippen molar-refractivity contribution in [3.05, 3.63) is 35.6 Å². The first kappa shape index (κ1) is 47.6. The molecule has 0 spiro atoms. The van der Waals surface area contributed by atoms with Crippen molar-refractivity contribution < 1.29 is 37.6 Å². The Kier molecular flexibility index (Phi) is 112. The van der Waals surface area contributed by atoms with Crippen molar-refractivity contribution in [1.29, 1.82) is 0 Å². The number of hydrogen-bond donors (Lipinski definition) is 5. The van der Waals surface area contributed by atoms with Crippen LogP contribution in [0.5, 0.6) is 0 Å². The van der Waals surface area contributed by atoms with Crippen LogP contribution in [0.2, 0.25) is 0 Å². The van der Waals surface area contributed by atoms with Crippen LogP contribution in [0.1, 0.15) is 0 Å². The maximum Gasteiger partial charge on any atom is 0.0689 e. The van der Waals surface area contributed by atoms with Gasteiger partial charge < -0.3 is 55.2 Å². The predicted octanol–water partition coefficient (Wildman–Crippen LogP) is -0.214. The van der Waals surface area contributed by atoms with Gasteiger partial charge in [0.2, 0.25) is 0 Å². The Bertz CT molecular complexity index is 118. The molecule has 0 amide bonds. The quantitative estimate of drug-likeness (QED) is 0.217. The normalized spacial score (nSPS) is 4.56. The Labute approximate surface area is 98.4 Å². The van der Waals surface area contributed by atoms with Crippen LogP contribution in [-0.2, 0) is 18.5 Å². The van der Waals surface area contributed by atoms with Crippen LogP contribution in [0, 0.1) is 35.6 Å². The van der Waals surface area contributed by atoms with Gasteiger partial charge in [-0.25, -0.2) is 0 Å². The van der Waals surface area contributed by atoms with Crippen LogP contribution >= 0.6 is 0 Å². The summed E-state index contributed by atoms with van der Waals surface area (Å²) in [7, 11) is 0. The summed E-state index contributed by atoms with van der Waals surface area (Å²) in [4.78, 5) is 25.4. The van der Waals surface area contributed by atoms with Gasteiger partial charge in [-0.2, -0.15) is 0 Å².